The predicted molar refractivity (Wildman–Crippen MR) is 49.6 cm³/mol. The van der Waals surface area contributed by atoms with Gasteiger partial charge in [-0.05, 0) is 27.7 Å². The van der Waals surface area contributed by atoms with Crippen molar-refractivity contribution in [3.05, 3.63) is 0 Å². The Kier molecular flexibility index (Phi) is 3.79. The molecule has 0 aliphatic heterocycles. The Morgan fingerprint density at radius 1 is 1.20 bits per heavy atom. The van der Waals surface area contributed by atoms with E-state index in [1.807, 2.05) is 5.32 Å². The van der Waals surface area contributed by atoms with E-state index in [2.05, 4.69) is 0 Å². The second-order valence-corrected chi connectivity index (χ2v) is 4.35. The molecule has 0 aliphatic carbocycles. The van der Waals surface area contributed by atoms with Crippen LogP contribution in [0.15, 0.2) is 0 Å². The van der Waals surface area contributed by atoms with Crippen LogP contribution in [-0.4, -0.2) is 28.9 Å². The van der Waals surface area contributed by atoms with Gasteiger partial charge in [0.25, 0.3) is 5.91 Å². The Morgan fingerprint density at radius 2 is 1.60 bits per heavy atom. The first kappa shape index (κ1) is 13.8. The van der Waals surface area contributed by atoms with E-state index in [1.165, 1.54) is 27.7 Å². The second kappa shape index (κ2) is 4.12. The van der Waals surface area contributed by atoms with Crippen molar-refractivity contribution in [3.8, 4) is 0 Å². The van der Waals surface area contributed by atoms with Crippen molar-refractivity contribution in [1.82, 2.24) is 5.32 Å². The quantitative estimate of drug-likeness (QED) is 0.754. The highest BCUT2D eigenvalue weighted by Gasteiger charge is 2.45. The van der Waals surface area contributed by atoms with E-state index in [-0.39, 0.29) is 0 Å². The molecule has 0 unspecified atom stereocenters. The van der Waals surface area contributed by atoms with Gasteiger partial charge < -0.3 is 10.4 Å². The summed E-state index contributed by atoms with van der Waals surface area (Å²) in [5.41, 5.74) is -2.59. The largest absolute Gasteiger partial charge is 0.481 e. The minimum atomic E-state index is -3.14. The molecule has 88 valence electrons. The Morgan fingerprint density at radius 3 is 1.87 bits per heavy atom. The molecule has 0 aliphatic rings. The molecule has 15 heavy (non-hydrogen) atoms. The SMILES string of the molecule is CC(C)(NC(=O)C(F)F)C(C)(C)C(=O)O. The summed E-state index contributed by atoms with van der Waals surface area (Å²) in [6.07, 6.45) is -3.14. The van der Waals surface area contributed by atoms with E-state index in [1.54, 1.807) is 0 Å². The monoisotopic (exact) mass is 223 g/mol. The van der Waals surface area contributed by atoms with E-state index in [9.17, 15) is 18.4 Å². The average Bonchev–Trinajstić information content (AvgIpc) is 2.02. The molecule has 0 saturated carbocycles. The van der Waals surface area contributed by atoms with Gasteiger partial charge in [-0.15, -0.1) is 0 Å². The number of aliphatic carboxylic acids is 1. The number of carboxylic acids is 1. The molecule has 2 N–H and O–H groups in total. The van der Waals surface area contributed by atoms with Gasteiger partial charge in [0.05, 0.1) is 11.0 Å². The second-order valence-electron chi connectivity index (χ2n) is 4.35. The van der Waals surface area contributed by atoms with E-state index in [0.717, 1.165) is 0 Å². The van der Waals surface area contributed by atoms with Crippen molar-refractivity contribution in [2.45, 2.75) is 39.7 Å². The highest BCUT2D eigenvalue weighted by Crippen LogP contribution is 2.30. The van der Waals surface area contributed by atoms with Gasteiger partial charge in [-0.2, -0.15) is 8.78 Å². The number of carbonyl (C=O) groups excluding carboxylic acids is 1. The van der Waals surface area contributed by atoms with Crippen molar-refractivity contribution in [3.63, 3.8) is 0 Å². The fourth-order valence-electron chi connectivity index (χ4n) is 0.786. The Labute approximate surface area is 86.7 Å². The molecule has 0 aromatic heterocycles. The maximum Gasteiger partial charge on any atom is 0.315 e. The lowest BCUT2D eigenvalue weighted by molar-refractivity contribution is -0.152. The number of carbonyl (C=O) groups is 2. The van der Waals surface area contributed by atoms with Gasteiger partial charge in [0.1, 0.15) is 0 Å². The van der Waals surface area contributed by atoms with Gasteiger partial charge in [-0.25, -0.2) is 0 Å². The van der Waals surface area contributed by atoms with E-state index in [0.29, 0.717) is 0 Å². The number of nitrogens with one attached hydrogen (secondary N) is 1. The number of amides is 1. The third kappa shape index (κ3) is 2.87. The fraction of sp³-hybridized carbons (Fsp3) is 0.778. The van der Waals surface area contributed by atoms with E-state index >= 15 is 0 Å². The zero-order chi connectivity index (χ0) is 12.4. The van der Waals surface area contributed by atoms with Gasteiger partial charge >= 0.3 is 12.4 Å². The summed E-state index contributed by atoms with van der Waals surface area (Å²) in [5, 5.41) is 10.9. The zero-order valence-corrected chi connectivity index (χ0v) is 9.10. The summed E-state index contributed by atoms with van der Waals surface area (Å²) >= 11 is 0. The first-order valence-corrected chi connectivity index (χ1v) is 4.36. The molecule has 0 spiro atoms. The molecule has 0 rings (SSSR count). The predicted octanol–water partition coefficient (Wildman–Crippen LogP) is 1.26. The minimum absolute atomic E-state index is 1.16. The first-order chi connectivity index (χ1) is 6.52. The fourth-order valence-corrected chi connectivity index (χ4v) is 0.786. The van der Waals surface area contributed by atoms with Gasteiger partial charge in [0.2, 0.25) is 0 Å². The van der Waals surface area contributed by atoms with Crippen molar-refractivity contribution in [1.29, 1.82) is 0 Å². The van der Waals surface area contributed by atoms with Gasteiger partial charge in [0.15, 0.2) is 0 Å². The van der Waals surface area contributed by atoms with Crippen molar-refractivity contribution >= 4 is 11.9 Å². The summed E-state index contributed by atoms with van der Waals surface area (Å²) in [6.45, 7) is 5.50. The Hall–Kier alpha value is -1.20. The number of carboxylic acid groups (broad SMARTS) is 1. The maximum absolute atomic E-state index is 12.0. The highest BCUT2D eigenvalue weighted by atomic mass is 19.3. The van der Waals surface area contributed by atoms with Crippen LogP contribution in [0.2, 0.25) is 0 Å². The molecule has 0 aromatic rings. The van der Waals surface area contributed by atoms with Crippen LogP contribution in [0.3, 0.4) is 0 Å². The van der Waals surface area contributed by atoms with E-state index in [4.69, 9.17) is 5.11 Å². The highest BCUT2D eigenvalue weighted by molar-refractivity contribution is 5.82. The summed E-state index contributed by atoms with van der Waals surface area (Å²) in [7, 11) is 0. The van der Waals surface area contributed by atoms with Crippen molar-refractivity contribution < 1.29 is 23.5 Å². The minimum Gasteiger partial charge on any atom is -0.481 e. The molecule has 6 heteroatoms. The Bertz CT molecular complexity index is 275. The molecule has 4 nitrogen and oxygen atoms in total. The lowest BCUT2D eigenvalue weighted by Gasteiger charge is -2.38. The molecular formula is C9H15F2NO3. The molecule has 1 amide bonds. The van der Waals surface area contributed by atoms with Crippen LogP contribution in [0.4, 0.5) is 8.78 Å². The zero-order valence-electron chi connectivity index (χ0n) is 9.10. The smallest absolute Gasteiger partial charge is 0.315 e. The van der Waals surface area contributed by atoms with Gasteiger partial charge in [-0.3, -0.25) is 9.59 Å². The van der Waals surface area contributed by atoms with Crippen LogP contribution in [0.1, 0.15) is 27.7 Å². The number of hydrogen-bond acceptors (Lipinski definition) is 2. The molecule has 0 saturated heterocycles. The average molecular weight is 223 g/mol. The standard InChI is InChI=1S/C9H15F2NO3/c1-8(2,7(14)15)9(3,4)12-6(13)5(10)11/h5H,1-4H3,(H,12,13)(H,14,15). The molecule has 0 aromatic carbocycles. The molecule has 0 bridgehead atoms. The molecule has 0 atom stereocenters. The number of rotatable bonds is 4. The van der Waals surface area contributed by atoms with Gasteiger partial charge in [-0.1, -0.05) is 0 Å². The lowest BCUT2D eigenvalue weighted by Crippen LogP contribution is -2.58. The molecular weight excluding hydrogens is 208 g/mol. The lowest BCUT2D eigenvalue weighted by atomic mass is 9.74. The summed E-state index contributed by atoms with van der Waals surface area (Å²) < 4.78 is 24.0. The number of halogens is 2. The summed E-state index contributed by atoms with van der Waals surface area (Å²) in [4.78, 5) is 21.7. The molecule has 0 heterocycles. The van der Waals surface area contributed by atoms with Crippen LogP contribution in [-0.2, 0) is 9.59 Å². The maximum atomic E-state index is 12.0. The van der Waals surface area contributed by atoms with Crippen LogP contribution in [0, 0.1) is 5.41 Å². The number of alkyl halides is 2. The van der Waals surface area contributed by atoms with Crippen LogP contribution in [0.25, 0.3) is 0 Å². The summed E-state index contributed by atoms with van der Waals surface area (Å²) in [5.74, 6) is -2.63. The Balaban J connectivity index is 4.83. The van der Waals surface area contributed by atoms with Crippen LogP contribution in [0.5, 0.6) is 0 Å². The molecule has 0 radical (unpaired) electrons. The molecule has 0 fully saturated rings. The van der Waals surface area contributed by atoms with Crippen LogP contribution < -0.4 is 5.32 Å². The first-order valence-electron chi connectivity index (χ1n) is 4.36. The van der Waals surface area contributed by atoms with E-state index < -0.39 is 29.3 Å². The van der Waals surface area contributed by atoms with Crippen molar-refractivity contribution in [2.24, 2.45) is 5.41 Å². The number of hydrogen-bond donors (Lipinski definition) is 2. The van der Waals surface area contributed by atoms with Gasteiger partial charge in [0, 0.05) is 0 Å². The third-order valence-corrected chi connectivity index (χ3v) is 2.73. The topological polar surface area (TPSA) is 66.4 Å². The normalized spacial score (nSPS) is 12.7. The third-order valence-electron chi connectivity index (χ3n) is 2.73. The van der Waals surface area contributed by atoms with Crippen LogP contribution >= 0.6 is 0 Å². The summed E-state index contributed by atoms with van der Waals surface area (Å²) in [6, 6.07) is 0. The van der Waals surface area contributed by atoms with Crippen molar-refractivity contribution in [2.75, 3.05) is 0 Å².